The molecule has 5 heteroatoms. The second-order valence-electron chi connectivity index (χ2n) is 5.20. The van der Waals surface area contributed by atoms with Crippen LogP contribution in [0.25, 0.3) is 0 Å². The third kappa shape index (κ3) is 4.64. The molecule has 2 aromatic rings. The predicted octanol–water partition coefficient (Wildman–Crippen LogP) is 2.48. The van der Waals surface area contributed by atoms with Crippen LogP contribution in [0.2, 0.25) is 0 Å². The summed E-state index contributed by atoms with van der Waals surface area (Å²) in [6.07, 6.45) is 3.36. The first-order valence-corrected chi connectivity index (χ1v) is 7.61. The van der Waals surface area contributed by atoms with Gasteiger partial charge in [-0.15, -0.1) is 0 Å². The van der Waals surface area contributed by atoms with Crippen molar-refractivity contribution in [1.82, 2.24) is 9.88 Å². The minimum absolute atomic E-state index is 0.0559. The number of anilines is 1. The molecule has 0 spiro atoms. The van der Waals surface area contributed by atoms with E-state index in [0.29, 0.717) is 13.1 Å². The van der Waals surface area contributed by atoms with E-state index in [1.54, 1.807) is 22.2 Å². The molecule has 0 unspecified atom stereocenters. The first-order chi connectivity index (χ1) is 11.1. The van der Waals surface area contributed by atoms with E-state index >= 15 is 0 Å². The van der Waals surface area contributed by atoms with E-state index in [1.165, 1.54) is 6.92 Å². The molecule has 2 rings (SSSR count). The topological polar surface area (TPSA) is 53.5 Å². The van der Waals surface area contributed by atoms with Crippen LogP contribution in [0.3, 0.4) is 0 Å². The molecule has 0 fully saturated rings. The smallest absolute Gasteiger partial charge is 0.246 e. The van der Waals surface area contributed by atoms with E-state index in [0.717, 1.165) is 11.3 Å². The summed E-state index contributed by atoms with van der Waals surface area (Å²) in [5.74, 6) is -0.220. The molecule has 0 aliphatic heterocycles. The summed E-state index contributed by atoms with van der Waals surface area (Å²) < 4.78 is 0. The Hall–Kier alpha value is -2.69. The lowest BCUT2D eigenvalue weighted by Crippen LogP contribution is -2.42. The van der Waals surface area contributed by atoms with Gasteiger partial charge in [-0.25, -0.2) is 0 Å². The van der Waals surface area contributed by atoms with Crippen molar-refractivity contribution in [3.8, 4) is 0 Å². The summed E-state index contributed by atoms with van der Waals surface area (Å²) in [6, 6.07) is 13.2. The Balaban J connectivity index is 2.09. The first-order valence-electron chi connectivity index (χ1n) is 7.61. The molecule has 120 valence electrons. The molecule has 0 atom stereocenters. The van der Waals surface area contributed by atoms with Gasteiger partial charge in [-0.3, -0.25) is 14.6 Å². The second-order valence-corrected chi connectivity index (χ2v) is 5.20. The Labute approximate surface area is 136 Å². The lowest BCUT2D eigenvalue weighted by atomic mass is 10.2. The minimum Gasteiger partial charge on any atom is -0.329 e. The molecule has 2 amide bonds. The van der Waals surface area contributed by atoms with Gasteiger partial charge in [-0.05, 0) is 36.8 Å². The van der Waals surface area contributed by atoms with Gasteiger partial charge in [0.2, 0.25) is 11.8 Å². The molecule has 0 bridgehead atoms. The lowest BCUT2D eigenvalue weighted by molar-refractivity contribution is -0.134. The highest BCUT2D eigenvalue weighted by atomic mass is 16.2. The Morgan fingerprint density at radius 1 is 1.04 bits per heavy atom. The van der Waals surface area contributed by atoms with Gasteiger partial charge in [0.05, 0.1) is 0 Å². The average Bonchev–Trinajstić information content (AvgIpc) is 2.57. The normalized spacial score (nSPS) is 10.2. The fourth-order valence-electron chi connectivity index (χ4n) is 2.35. The largest absolute Gasteiger partial charge is 0.329 e. The number of pyridine rings is 1. The van der Waals surface area contributed by atoms with Crippen LogP contribution in [0, 0.1) is 0 Å². The van der Waals surface area contributed by atoms with Gasteiger partial charge in [0, 0.05) is 38.1 Å². The number of nitrogens with zero attached hydrogens (tertiary/aromatic N) is 3. The number of carbonyl (C=O) groups excluding carboxylic acids is 2. The highest BCUT2D eigenvalue weighted by Gasteiger charge is 2.19. The van der Waals surface area contributed by atoms with Crippen molar-refractivity contribution in [2.24, 2.45) is 0 Å². The zero-order chi connectivity index (χ0) is 16.7. The summed E-state index contributed by atoms with van der Waals surface area (Å²) in [5.41, 5.74) is 1.79. The van der Waals surface area contributed by atoms with Crippen molar-refractivity contribution in [2.45, 2.75) is 20.4 Å². The van der Waals surface area contributed by atoms with Crippen molar-refractivity contribution < 1.29 is 9.59 Å². The van der Waals surface area contributed by atoms with E-state index in [9.17, 15) is 9.59 Å². The van der Waals surface area contributed by atoms with Crippen LogP contribution >= 0.6 is 0 Å². The van der Waals surface area contributed by atoms with E-state index < -0.39 is 0 Å². The van der Waals surface area contributed by atoms with Crippen LogP contribution < -0.4 is 4.90 Å². The van der Waals surface area contributed by atoms with Crippen LogP contribution in [0.1, 0.15) is 19.4 Å². The summed E-state index contributed by atoms with van der Waals surface area (Å²) in [5, 5.41) is 0. The standard InChI is InChI=1S/C18H21N3O2/c1-3-21(17-7-5-4-6-8-17)18(23)14-20(15(2)22)13-16-9-11-19-12-10-16/h4-12H,3,13-14H2,1-2H3. The predicted molar refractivity (Wildman–Crippen MR) is 89.8 cm³/mol. The molecular weight excluding hydrogens is 290 g/mol. The molecule has 0 N–H and O–H groups in total. The quantitative estimate of drug-likeness (QED) is 0.823. The van der Waals surface area contributed by atoms with Gasteiger partial charge < -0.3 is 9.80 Å². The van der Waals surface area contributed by atoms with E-state index in [4.69, 9.17) is 0 Å². The second kappa shape index (κ2) is 8.08. The third-order valence-electron chi connectivity index (χ3n) is 3.58. The van der Waals surface area contributed by atoms with E-state index in [2.05, 4.69) is 4.98 Å². The van der Waals surface area contributed by atoms with Gasteiger partial charge in [-0.1, -0.05) is 18.2 Å². The van der Waals surface area contributed by atoms with Crippen LogP contribution in [0.15, 0.2) is 54.9 Å². The molecule has 1 aromatic heterocycles. The highest BCUT2D eigenvalue weighted by molar-refractivity contribution is 5.96. The minimum atomic E-state index is -0.126. The summed E-state index contributed by atoms with van der Waals surface area (Å²) >= 11 is 0. The Morgan fingerprint density at radius 2 is 1.70 bits per heavy atom. The maximum Gasteiger partial charge on any atom is 0.246 e. The molecule has 1 heterocycles. The monoisotopic (exact) mass is 311 g/mol. The molecule has 0 aliphatic carbocycles. The number of aromatic nitrogens is 1. The molecule has 23 heavy (non-hydrogen) atoms. The van der Waals surface area contributed by atoms with Gasteiger partial charge in [0.25, 0.3) is 0 Å². The molecule has 0 saturated carbocycles. The lowest BCUT2D eigenvalue weighted by Gasteiger charge is -2.26. The summed E-state index contributed by atoms with van der Waals surface area (Å²) in [6.45, 7) is 4.42. The summed E-state index contributed by atoms with van der Waals surface area (Å²) in [4.78, 5) is 31.7. The SMILES string of the molecule is CCN(C(=O)CN(Cc1ccncc1)C(C)=O)c1ccccc1. The van der Waals surface area contributed by atoms with Gasteiger partial charge in [-0.2, -0.15) is 0 Å². The van der Waals surface area contributed by atoms with Gasteiger partial charge in [0.1, 0.15) is 6.54 Å². The average molecular weight is 311 g/mol. The fraction of sp³-hybridized carbons (Fsp3) is 0.278. The highest BCUT2D eigenvalue weighted by Crippen LogP contribution is 2.14. The number of para-hydroxylation sites is 1. The Morgan fingerprint density at radius 3 is 2.26 bits per heavy atom. The summed E-state index contributed by atoms with van der Waals surface area (Å²) in [7, 11) is 0. The number of likely N-dealkylation sites (N-methyl/N-ethyl adjacent to an activating group) is 1. The van der Waals surface area contributed by atoms with Crippen molar-refractivity contribution in [3.05, 3.63) is 60.4 Å². The maximum atomic E-state index is 12.6. The third-order valence-corrected chi connectivity index (χ3v) is 3.58. The number of amides is 2. The molecule has 0 saturated heterocycles. The molecular formula is C18H21N3O2. The van der Waals surface area contributed by atoms with Crippen molar-refractivity contribution in [1.29, 1.82) is 0 Å². The number of hydrogen-bond donors (Lipinski definition) is 0. The number of carbonyl (C=O) groups is 2. The van der Waals surface area contributed by atoms with Crippen LogP contribution in [-0.2, 0) is 16.1 Å². The zero-order valence-electron chi connectivity index (χ0n) is 13.5. The molecule has 0 aliphatic rings. The molecule has 5 nitrogen and oxygen atoms in total. The van der Waals surface area contributed by atoms with Crippen LogP contribution in [0.4, 0.5) is 5.69 Å². The fourth-order valence-corrected chi connectivity index (χ4v) is 2.35. The van der Waals surface area contributed by atoms with E-state index in [-0.39, 0.29) is 18.4 Å². The zero-order valence-corrected chi connectivity index (χ0v) is 13.5. The van der Waals surface area contributed by atoms with Crippen molar-refractivity contribution >= 4 is 17.5 Å². The van der Waals surface area contributed by atoms with Crippen LogP contribution in [0.5, 0.6) is 0 Å². The van der Waals surface area contributed by atoms with Gasteiger partial charge in [0.15, 0.2) is 0 Å². The van der Waals surface area contributed by atoms with E-state index in [1.807, 2.05) is 49.4 Å². The number of rotatable bonds is 6. The van der Waals surface area contributed by atoms with Crippen LogP contribution in [-0.4, -0.2) is 34.8 Å². The molecule has 1 aromatic carbocycles. The molecule has 0 radical (unpaired) electrons. The van der Waals surface area contributed by atoms with Gasteiger partial charge >= 0.3 is 0 Å². The first kappa shape index (κ1) is 16.7. The van der Waals surface area contributed by atoms with Crippen molar-refractivity contribution in [2.75, 3.05) is 18.0 Å². The Kier molecular flexibility index (Phi) is 5.86. The Bertz CT molecular complexity index is 644. The van der Waals surface area contributed by atoms with Crippen molar-refractivity contribution in [3.63, 3.8) is 0 Å². The number of benzene rings is 1. The number of hydrogen-bond acceptors (Lipinski definition) is 3. The maximum absolute atomic E-state index is 12.6.